The van der Waals surface area contributed by atoms with Crippen LogP contribution in [0.1, 0.15) is 34.6 Å². The van der Waals surface area contributed by atoms with Gasteiger partial charge in [0.15, 0.2) is 0 Å². The molecule has 1 unspecified atom stereocenters. The molecule has 0 saturated heterocycles. The number of rotatable bonds is 4. The molecule has 0 radical (unpaired) electrons. The zero-order chi connectivity index (χ0) is 12.4. The van der Waals surface area contributed by atoms with E-state index in [1.807, 2.05) is 42.3 Å². The second kappa shape index (κ2) is 18.9. The number of likely N-dealkylation sites (N-methyl/N-ethyl adjacent to an activating group) is 1. The number of benzene rings is 1. The second-order valence-electron chi connectivity index (χ2n) is 3.94. The first-order valence-electron chi connectivity index (χ1n) is 5.82. The summed E-state index contributed by atoms with van der Waals surface area (Å²) in [7, 11) is 5.75. The molecule has 0 aliphatic carbocycles. The molecule has 0 aromatic heterocycles. The van der Waals surface area contributed by atoms with Crippen LogP contribution in [0.25, 0.3) is 0 Å². The van der Waals surface area contributed by atoms with E-state index in [0.717, 1.165) is 5.75 Å². The summed E-state index contributed by atoms with van der Waals surface area (Å²) in [6, 6.07) is 10.2. The van der Waals surface area contributed by atoms with Crippen molar-refractivity contribution in [3.05, 3.63) is 37.4 Å². The van der Waals surface area contributed by atoms with E-state index >= 15 is 0 Å². The molecule has 0 saturated carbocycles. The van der Waals surface area contributed by atoms with E-state index in [1.54, 1.807) is 0 Å². The fourth-order valence-electron chi connectivity index (χ4n) is 0.861. The molecular formula is C15H28ArNOW-. The molecule has 1 rings (SSSR count). The van der Waals surface area contributed by atoms with Crippen molar-refractivity contribution in [1.29, 1.82) is 0 Å². The van der Waals surface area contributed by atoms with Gasteiger partial charge in [-0.25, -0.2) is 0 Å². The Kier molecular flexibility index (Phi) is 28.0. The minimum atomic E-state index is 0. The van der Waals surface area contributed by atoms with E-state index in [-0.39, 0.29) is 66.2 Å². The molecule has 114 valence electrons. The van der Waals surface area contributed by atoms with Gasteiger partial charge < -0.3 is 9.64 Å². The first-order chi connectivity index (χ1) is 7.61. The quantitative estimate of drug-likeness (QED) is 0.622. The summed E-state index contributed by atoms with van der Waals surface area (Å²) in [4.78, 5) is 1.89. The van der Waals surface area contributed by atoms with Gasteiger partial charge in [0.25, 0.3) is 0 Å². The van der Waals surface area contributed by atoms with Gasteiger partial charge in [0.1, 0.15) is 12.4 Å². The minimum Gasteiger partial charge on any atom is -0.492 e. The maximum absolute atomic E-state index is 5.55. The monoisotopic (exact) mass is 462 g/mol. The zero-order valence-electron chi connectivity index (χ0n) is 11.7. The molecule has 0 bridgehead atoms. The Morgan fingerprint density at radius 3 is 2.00 bits per heavy atom. The topological polar surface area (TPSA) is 12.5 Å². The molecule has 0 spiro atoms. The fraction of sp³-hybridized carbons (Fsp3) is 0.533. The van der Waals surface area contributed by atoms with Gasteiger partial charge in [-0.3, -0.25) is 7.05 Å². The molecule has 0 amide bonds. The van der Waals surface area contributed by atoms with Crippen molar-refractivity contribution in [3.63, 3.8) is 0 Å². The van der Waals surface area contributed by atoms with Crippen LogP contribution in [-0.4, -0.2) is 24.6 Å². The SMILES string of the molecule is C.CCC.[Ar].[CH2-]N(C)C(C)COc1ccccc1.[W]. The van der Waals surface area contributed by atoms with Crippen molar-refractivity contribution in [2.75, 3.05) is 13.7 Å². The summed E-state index contributed by atoms with van der Waals surface area (Å²) in [5.74, 6) is 0.913. The zero-order valence-corrected chi connectivity index (χ0v) is 15.3. The Morgan fingerprint density at radius 2 is 1.63 bits per heavy atom. The number of hydrogen-bond donors (Lipinski definition) is 0. The van der Waals surface area contributed by atoms with E-state index in [2.05, 4.69) is 27.8 Å². The van der Waals surface area contributed by atoms with Crippen LogP contribution in [0.4, 0.5) is 0 Å². The molecule has 0 heterocycles. The Balaban J connectivity index is -0.000000172. The van der Waals surface area contributed by atoms with Crippen LogP contribution in [0.2, 0.25) is 0 Å². The Bertz CT molecular complexity index is 258. The largest absolute Gasteiger partial charge is 0.492 e. The molecule has 0 N–H and O–H groups in total. The van der Waals surface area contributed by atoms with E-state index in [4.69, 9.17) is 4.74 Å². The third-order valence-corrected chi connectivity index (χ3v) is 1.99. The average Bonchev–Trinajstić information content (AvgIpc) is 2.28. The summed E-state index contributed by atoms with van der Waals surface area (Å²) < 4.78 is 5.55. The number of hydrogen-bond acceptors (Lipinski definition) is 2. The number of para-hydroxylation sites is 1. The van der Waals surface area contributed by atoms with Crippen molar-refractivity contribution >= 4 is 0 Å². The molecule has 1 aromatic carbocycles. The molecule has 4 heteroatoms. The first-order valence-corrected chi connectivity index (χ1v) is 5.82. The first kappa shape index (κ1) is 28.1. The van der Waals surface area contributed by atoms with Gasteiger partial charge in [0.2, 0.25) is 0 Å². The van der Waals surface area contributed by atoms with E-state index in [1.165, 1.54) is 6.42 Å². The standard InChI is InChI=1S/C11H16NO.C3H8.CH4.Ar.W/c1-10(12(2)3)9-13-11-7-5-4-6-8-11;1-3-2;;;/h4-8,10H,2,9H2,1,3H3;3H2,1-2H3;1H4;;/q-1;;;;. The molecule has 0 fully saturated rings. The van der Waals surface area contributed by atoms with E-state index < -0.39 is 0 Å². The van der Waals surface area contributed by atoms with Gasteiger partial charge in [0, 0.05) is 64.8 Å². The van der Waals surface area contributed by atoms with Crippen molar-refractivity contribution in [2.24, 2.45) is 0 Å². The summed E-state index contributed by atoms with van der Waals surface area (Å²) in [5, 5.41) is 0. The van der Waals surface area contributed by atoms with Gasteiger partial charge in [-0.1, -0.05) is 45.9 Å². The van der Waals surface area contributed by atoms with Gasteiger partial charge in [-0.05, 0) is 26.1 Å². The van der Waals surface area contributed by atoms with E-state index in [9.17, 15) is 0 Å². The maximum atomic E-state index is 5.55. The van der Waals surface area contributed by atoms with Gasteiger partial charge >= 0.3 is 0 Å². The number of ether oxygens (including phenoxy) is 1. The second-order valence-corrected chi connectivity index (χ2v) is 3.94. The van der Waals surface area contributed by atoms with Gasteiger partial charge in [0.05, 0.1) is 0 Å². The molecule has 1 atom stereocenters. The van der Waals surface area contributed by atoms with Crippen LogP contribution in [0.3, 0.4) is 0 Å². The average molecular weight is 462 g/mol. The summed E-state index contributed by atoms with van der Waals surface area (Å²) >= 11 is 0. The van der Waals surface area contributed by atoms with Crippen molar-refractivity contribution < 1.29 is 63.5 Å². The van der Waals surface area contributed by atoms with Gasteiger partial charge in [-0.15, -0.1) is 0 Å². The van der Waals surface area contributed by atoms with Gasteiger partial charge in [-0.2, -0.15) is 0 Å². The normalized spacial score (nSPS) is 9.79. The third-order valence-electron chi connectivity index (χ3n) is 1.99. The minimum absolute atomic E-state index is 0. The fourth-order valence-corrected chi connectivity index (χ4v) is 0.861. The molecule has 19 heavy (non-hydrogen) atoms. The Morgan fingerprint density at radius 1 is 1.21 bits per heavy atom. The smallest absolute Gasteiger partial charge is 0.119 e. The number of nitrogens with zero attached hydrogens (tertiary/aromatic N) is 1. The van der Waals surface area contributed by atoms with Crippen LogP contribution in [0.15, 0.2) is 30.3 Å². The molecule has 1 aromatic rings. The van der Waals surface area contributed by atoms with Crippen LogP contribution in [-0.2, 0) is 21.1 Å². The van der Waals surface area contributed by atoms with Crippen LogP contribution in [0, 0.1) is 44.8 Å². The molecule has 0 aliphatic rings. The van der Waals surface area contributed by atoms with Crippen molar-refractivity contribution in [3.8, 4) is 5.75 Å². The molecule has 2 nitrogen and oxygen atoms in total. The van der Waals surface area contributed by atoms with Crippen molar-refractivity contribution in [2.45, 2.75) is 40.7 Å². The Hall–Kier alpha value is 0.928. The van der Waals surface area contributed by atoms with Crippen LogP contribution >= 0.6 is 0 Å². The summed E-state index contributed by atoms with van der Waals surface area (Å²) in [5.41, 5.74) is 0. The molecular weight excluding hydrogens is 434 g/mol. The van der Waals surface area contributed by atoms with Crippen LogP contribution in [0.5, 0.6) is 5.75 Å². The summed E-state index contributed by atoms with van der Waals surface area (Å²) in [6.07, 6.45) is 1.25. The van der Waals surface area contributed by atoms with Crippen LogP contribution < -0.4 is 4.74 Å². The van der Waals surface area contributed by atoms with E-state index in [0.29, 0.717) is 12.6 Å². The predicted octanol–water partition coefficient (Wildman–Crippen LogP) is 4.23. The van der Waals surface area contributed by atoms with Crippen molar-refractivity contribution in [1.82, 2.24) is 4.90 Å². The predicted molar refractivity (Wildman–Crippen MR) is 77.2 cm³/mol. The summed E-state index contributed by atoms with van der Waals surface area (Å²) in [6.45, 7) is 7.00. The molecule has 0 aliphatic heterocycles. The third kappa shape index (κ3) is 16.9. The maximum Gasteiger partial charge on any atom is 0.119 e. The Labute approximate surface area is 164 Å².